The molecule has 6 nitrogen and oxygen atoms in total. The molecule has 4 atom stereocenters. The van der Waals surface area contributed by atoms with Gasteiger partial charge in [-0.1, -0.05) is 23.9 Å². The first-order chi connectivity index (χ1) is 11.6. The van der Waals surface area contributed by atoms with Crippen LogP contribution in [0.15, 0.2) is 29.3 Å². The van der Waals surface area contributed by atoms with Gasteiger partial charge in [0.15, 0.2) is 5.17 Å². The third-order valence-corrected chi connectivity index (χ3v) is 5.38. The van der Waals surface area contributed by atoms with E-state index < -0.39 is 6.10 Å². The van der Waals surface area contributed by atoms with Crippen LogP contribution in [0.3, 0.4) is 0 Å². The third kappa shape index (κ3) is 3.74. The van der Waals surface area contributed by atoms with Gasteiger partial charge in [0.1, 0.15) is 29.6 Å². The van der Waals surface area contributed by atoms with E-state index in [4.69, 9.17) is 19.2 Å². The molecule has 0 N–H and O–H groups in total. The number of aliphatic imine (C=N–C) groups is 1. The lowest BCUT2D eigenvalue weighted by molar-refractivity contribution is -0.134. The minimum Gasteiger partial charge on any atom is -0.497 e. The molecule has 2 heterocycles. The summed E-state index contributed by atoms with van der Waals surface area (Å²) >= 11 is 1.55. The quantitative estimate of drug-likeness (QED) is 0.756. The van der Waals surface area contributed by atoms with E-state index in [-0.39, 0.29) is 17.6 Å². The van der Waals surface area contributed by atoms with Crippen molar-refractivity contribution in [2.24, 2.45) is 4.99 Å². The smallest absolute Gasteiger partial charge is 0.161 e. The minimum atomic E-state index is -0.434. The number of thioether (sulfide) groups is 1. The third-order valence-electron chi connectivity index (χ3n) is 4.07. The zero-order valence-electron chi connectivity index (χ0n) is 14.0. The van der Waals surface area contributed by atoms with Crippen LogP contribution in [-0.2, 0) is 20.9 Å². The number of fused-ring (bicyclic) bond motifs is 1. The summed E-state index contributed by atoms with van der Waals surface area (Å²) < 4.78 is 17.1. The predicted octanol–water partition coefficient (Wildman–Crippen LogP) is 1.93. The lowest BCUT2D eigenvalue weighted by Gasteiger charge is -2.34. The second-order valence-corrected chi connectivity index (χ2v) is 7.09. The van der Waals surface area contributed by atoms with Crippen LogP contribution >= 0.6 is 11.8 Å². The maximum absolute atomic E-state index is 11.2. The zero-order valence-corrected chi connectivity index (χ0v) is 14.9. The number of nitrogens with zero attached hydrogens (tertiary/aromatic N) is 2. The minimum absolute atomic E-state index is 0.0816. The number of carbonyl (C=O) groups excluding carboxylic acids is 1. The summed E-state index contributed by atoms with van der Waals surface area (Å²) in [7, 11) is 5.55. The molecule has 0 amide bonds. The van der Waals surface area contributed by atoms with Crippen LogP contribution in [-0.4, -0.2) is 61.2 Å². The fraction of sp³-hybridized carbons (Fsp3) is 0.529. The van der Waals surface area contributed by atoms with E-state index in [9.17, 15) is 4.79 Å². The van der Waals surface area contributed by atoms with Gasteiger partial charge in [0.2, 0.25) is 0 Å². The molecule has 0 spiro atoms. The van der Waals surface area contributed by atoms with E-state index in [1.807, 2.05) is 43.3 Å². The Bertz CT molecular complexity index is 605. The lowest BCUT2D eigenvalue weighted by Crippen LogP contribution is -2.45. The molecule has 0 aliphatic carbocycles. The average Bonchev–Trinajstić information content (AvgIpc) is 3.04. The van der Waals surface area contributed by atoms with Gasteiger partial charge >= 0.3 is 0 Å². The molecule has 0 bridgehead atoms. The Hall–Kier alpha value is -1.57. The van der Waals surface area contributed by atoms with Crippen LogP contribution in [0.25, 0.3) is 0 Å². The highest BCUT2D eigenvalue weighted by atomic mass is 32.2. The number of methoxy groups -OCH3 is 1. The summed E-state index contributed by atoms with van der Waals surface area (Å²) in [5.74, 6) is 0.818. The number of amidine groups is 1. The maximum atomic E-state index is 11.2. The number of ether oxygens (including phenoxy) is 3. The van der Waals surface area contributed by atoms with Crippen LogP contribution in [0, 0.1) is 0 Å². The number of hydrogen-bond donors (Lipinski definition) is 0. The molecule has 24 heavy (non-hydrogen) atoms. The maximum Gasteiger partial charge on any atom is 0.161 e. The summed E-state index contributed by atoms with van der Waals surface area (Å²) in [6.45, 7) is 0.473. The molecular formula is C17H22N2O4S. The molecule has 2 aliphatic rings. The van der Waals surface area contributed by atoms with Gasteiger partial charge < -0.3 is 23.9 Å². The number of rotatable bonds is 5. The van der Waals surface area contributed by atoms with Gasteiger partial charge in [-0.25, -0.2) is 0 Å². The molecule has 1 aromatic rings. The number of hydrogen-bond acceptors (Lipinski definition) is 7. The molecule has 1 aromatic carbocycles. The largest absolute Gasteiger partial charge is 0.497 e. The molecule has 1 saturated heterocycles. The summed E-state index contributed by atoms with van der Waals surface area (Å²) in [6, 6.07) is 7.69. The second-order valence-electron chi connectivity index (χ2n) is 6.03. The van der Waals surface area contributed by atoms with Crippen molar-refractivity contribution in [1.29, 1.82) is 0 Å². The van der Waals surface area contributed by atoms with E-state index in [0.29, 0.717) is 13.0 Å². The fourth-order valence-electron chi connectivity index (χ4n) is 2.76. The van der Waals surface area contributed by atoms with E-state index in [2.05, 4.69) is 0 Å². The van der Waals surface area contributed by atoms with Crippen molar-refractivity contribution in [3.05, 3.63) is 29.8 Å². The highest BCUT2D eigenvalue weighted by Crippen LogP contribution is 2.37. The first kappa shape index (κ1) is 17.3. The van der Waals surface area contributed by atoms with Gasteiger partial charge in [0, 0.05) is 20.5 Å². The highest BCUT2D eigenvalue weighted by Gasteiger charge is 2.44. The second kappa shape index (κ2) is 7.55. The Morgan fingerprint density at radius 3 is 2.75 bits per heavy atom. The standard InChI is InChI=1S/C17H22N2O4S/c1-19(2)17-18-15-14(8-13(9-20)23-16(15)24-17)22-10-11-4-6-12(21-3)7-5-11/h4-7,9,13-16H,8,10H2,1-3H3/t13-,14?,15+,16+/m0/s1. The molecule has 0 saturated carbocycles. The van der Waals surface area contributed by atoms with Crippen molar-refractivity contribution < 1.29 is 19.0 Å². The predicted molar refractivity (Wildman–Crippen MR) is 93.4 cm³/mol. The molecule has 1 unspecified atom stereocenters. The fourth-order valence-corrected chi connectivity index (χ4v) is 3.93. The Balaban J connectivity index is 1.68. The SMILES string of the molecule is COc1ccc(COC2C[C@@H](C=O)O[C@@H]3SC(N(C)C)=N[C@H]23)cc1. The Morgan fingerprint density at radius 1 is 1.38 bits per heavy atom. The van der Waals surface area contributed by atoms with Crippen LogP contribution < -0.4 is 4.74 Å². The molecule has 0 radical (unpaired) electrons. The van der Waals surface area contributed by atoms with Crippen LogP contribution in [0.4, 0.5) is 0 Å². The highest BCUT2D eigenvalue weighted by molar-refractivity contribution is 8.14. The molecule has 7 heteroatoms. The van der Waals surface area contributed by atoms with E-state index in [0.717, 1.165) is 22.8 Å². The van der Waals surface area contributed by atoms with Gasteiger partial charge in [0.05, 0.1) is 19.8 Å². The summed E-state index contributed by atoms with van der Waals surface area (Å²) in [4.78, 5) is 17.9. The van der Waals surface area contributed by atoms with E-state index in [1.165, 1.54) is 0 Å². The normalized spacial score (nSPS) is 28.9. The molecule has 0 aromatic heterocycles. The average molecular weight is 350 g/mol. The number of benzene rings is 1. The van der Waals surface area contributed by atoms with E-state index >= 15 is 0 Å². The van der Waals surface area contributed by atoms with Crippen LogP contribution in [0.5, 0.6) is 5.75 Å². The molecule has 2 aliphatic heterocycles. The lowest BCUT2D eigenvalue weighted by atomic mass is 10.0. The summed E-state index contributed by atoms with van der Waals surface area (Å²) in [6.07, 6.45) is 0.821. The summed E-state index contributed by atoms with van der Waals surface area (Å²) in [5.41, 5.74) is 0.899. The number of aldehydes is 1. The molecule has 3 rings (SSSR count). The molecule has 130 valence electrons. The van der Waals surface area contributed by atoms with Crippen molar-refractivity contribution >= 4 is 23.2 Å². The Labute approximate surface area is 146 Å². The van der Waals surface area contributed by atoms with Gasteiger partial charge in [0.25, 0.3) is 0 Å². The molecule has 1 fully saturated rings. The monoisotopic (exact) mass is 350 g/mol. The van der Waals surface area contributed by atoms with Crippen LogP contribution in [0.2, 0.25) is 0 Å². The van der Waals surface area contributed by atoms with Gasteiger partial charge in [-0.05, 0) is 17.7 Å². The topological polar surface area (TPSA) is 60.4 Å². The van der Waals surface area contributed by atoms with Crippen molar-refractivity contribution in [1.82, 2.24) is 4.90 Å². The van der Waals surface area contributed by atoms with Gasteiger partial charge in [-0.2, -0.15) is 0 Å². The Morgan fingerprint density at radius 2 is 2.12 bits per heavy atom. The van der Waals surface area contributed by atoms with Crippen molar-refractivity contribution in [2.45, 2.75) is 36.7 Å². The Kier molecular flexibility index (Phi) is 5.43. The van der Waals surface area contributed by atoms with Gasteiger partial charge in [-0.15, -0.1) is 0 Å². The first-order valence-electron chi connectivity index (χ1n) is 7.87. The van der Waals surface area contributed by atoms with E-state index in [1.54, 1.807) is 18.9 Å². The first-order valence-corrected chi connectivity index (χ1v) is 8.75. The van der Waals surface area contributed by atoms with Crippen molar-refractivity contribution in [2.75, 3.05) is 21.2 Å². The van der Waals surface area contributed by atoms with Crippen molar-refractivity contribution in [3.63, 3.8) is 0 Å². The number of carbonyl (C=O) groups is 1. The van der Waals surface area contributed by atoms with Crippen molar-refractivity contribution in [3.8, 4) is 5.75 Å². The molecular weight excluding hydrogens is 328 g/mol. The van der Waals surface area contributed by atoms with Crippen LogP contribution in [0.1, 0.15) is 12.0 Å². The zero-order chi connectivity index (χ0) is 17.1. The summed E-state index contributed by atoms with van der Waals surface area (Å²) in [5, 5.41) is 0.912. The van der Waals surface area contributed by atoms with Gasteiger partial charge in [-0.3, -0.25) is 4.99 Å².